The van der Waals surface area contributed by atoms with Crippen LogP contribution in [0.2, 0.25) is 0 Å². The third-order valence-electron chi connectivity index (χ3n) is 5.60. The lowest BCUT2D eigenvalue weighted by atomic mass is 9.92. The molecule has 0 bridgehead atoms. The minimum absolute atomic E-state index is 0.318. The molecular formula is C21H23N3OS. The smallest absolute Gasteiger partial charge is 0.223 e. The predicted octanol–water partition coefficient (Wildman–Crippen LogP) is 3.81. The van der Waals surface area contributed by atoms with Gasteiger partial charge in [0.1, 0.15) is 0 Å². The van der Waals surface area contributed by atoms with Gasteiger partial charge in [0, 0.05) is 43.2 Å². The largest absolute Gasteiger partial charge is 0.372 e. The Morgan fingerprint density at radius 2 is 1.92 bits per heavy atom. The SMILES string of the molecule is N#Cc1ccc(N2CCC(CC(=O)N3CCc4sccc4C3)CC2)cc1. The summed E-state index contributed by atoms with van der Waals surface area (Å²) >= 11 is 1.81. The molecule has 5 heteroatoms. The van der Waals surface area contributed by atoms with E-state index in [1.165, 1.54) is 16.1 Å². The second-order valence-corrected chi connectivity index (χ2v) is 8.23. The average molecular weight is 366 g/mol. The van der Waals surface area contributed by atoms with Crippen LogP contribution in [-0.2, 0) is 17.8 Å². The molecule has 2 aromatic rings. The van der Waals surface area contributed by atoms with Gasteiger partial charge in [-0.2, -0.15) is 5.26 Å². The zero-order valence-electron chi connectivity index (χ0n) is 14.9. The summed E-state index contributed by atoms with van der Waals surface area (Å²) in [7, 11) is 0. The summed E-state index contributed by atoms with van der Waals surface area (Å²) in [5.74, 6) is 0.805. The first-order valence-electron chi connectivity index (χ1n) is 9.31. The fourth-order valence-electron chi connectivity index (χ4n) is 3.98. The van der Waals surface area contributed by atoms with E-state index in [0.29, 0.717) is 23.8 Å². The molecule has 2 aliphatic rings. The van der Waals surface area contributed by atoms with Crippen molar-refractivity contribution in [2.24, 2.45) is 5.92 Å². The van der Waals surface area contributed by atoms with Crippen LogP contribution < -0.4 is 4.90 Å². The molecule has 0 N–H and O–H groups in total. The van der Waals surface area contributed by atoms with E-state index in [4.69, 9.17) is 5.26 Å². The minimum atomic E-state index is 0.318. The second-order valence-electron chi connectivity index (χ2n) is 7.23. The van der Waals surface area contributed by atoms with Gasteiger partial charge in [0.2, 0.25) is 5.91 Å². The van der Waals surface area contributed by atoms with Gasteiger partial charge < -0.3 is 9.80 Å². The highest BCUT2D eigenvalue weighted by Gasteiger charge is 2.26. The van der Waals surface area contributed by atoms with Gasteiger partial charge in [-0.05, 0) is 66.5 Å². The number of rotatable bonds is 3. The van der Waals surface area contributed by atoms with Crippen LogP contribution >= 0.6 is 11.3 Å². The van der Waals surface area contributed by atoms with Gasteiger partial charge in [0.25, 0.3) is 0 Å². The van der Waals surface area contributed by atoms with Crippen molar-refractivity contribution < 1.29 is 4.79 Å². The topological polar surface area (TPSA) is 47.3 Å². The van der Waals surface area contributed by atoms with E-state index in [9.17, 15) is 4.79 Å². The molecule has 134 valence electrons. The van der Waals surface area contributed by atoms with Crippen LogP contribution in [0.15, 0.2) is 35.7 Å². The van der Waals surface area contributed by atoms with Crippen molar-refractivity contribution >= 4 is 22.9 Å². The Labute approximate surface area is 158 Å². The summed E-state index contributed by atoms with van der Waals surface area (Å²) in [5, 5.41) is 11.0. The van der Waals surface area contributed by atoms with Crippen LogP contribution in [-0.4, -0.2) is 30.4 Å². The fourth-order valence-corrected chi connectivity index (χ4v) is 4.87. The van der Waals surface area contributed by atoms with Crippen LogP contribution in [0.25, 0.3) is 0 Å². The van der Waals surface area contributed by atoms with Crippen LogP contribution in [0, 0.1) is 17.2 Å². The van der Waals surface area contributed by atoms with Crippen molar-refractivity contribution in [2.45, 2.75) is 32.2 Å². The quantitative estimate of drug-likeness (QED) is 0.831. The Hall–Kier alpha value is -2.32. The van der Waals surface area contributed by atoms with Crippen LogP contribution in [0.3, 0.4) is 0 Å². The molecule has 1 saturated heterocycles. The van der Waals surface area contributed by atoms with E-state index < -0.39 is 0 Å². The van der Waals surface area contributed by atoms with Crippen molar-refractivity contribution in [3.05, 3.63) is 51.7 Å². The summed E-state index contributed by atoms with van der Waals surface area (Å²) in [6, 6.07) is 12.1. The molecule has 1 aromatic heterocycles. The van der Waals surface area contributed by atoms with E-state index in [2.05, 4.69) is 22.4 Å². The zero-order valence-corrected chi connectivity index (χ0v) is 15.7. The van der Waals surface area contributed by atoms with Gasteiger partial charge in [0.15, 0.2) is 0 Å². The number of anilines is 1. The average Bonchev–Trinajstić information content (AvgIpc) is 3.16. The molecule has 0 radical (unpaired) electrons. The lowest BCUT2D eigenvalue weighted by molar-refractivity contribution is -0.133. The molecule has 3 heterocycles. The van der Waals surface area contributed by atoms with E-state index >= 15 is 0 Å². The first-order valence-corrected chi connectivity index (χ1v) is 10.2. The summed E-state index contributed by atoms with van der Waals surface area (Å²) < 4.78 is 0. The Bertz CT molecular complexity index is 813. The molecular weight excluding hydrogens is 342 g/mol. The summed E-state index contributed by atoms with van der Waals surface area (Å²) in [6.07, 6.45) is 3.81. The number of thiophene rings is 1. The maximum Gasteiger partial charge on any atom is 0.223 e. The number of carbonyl (C=O) groups is 1. The number of nitrogens with zero attached hydrogens (tertiary/aromatic N) is 3. The standard InChI is InChI=1S/C21H23N3OS/c22-14-17-1-3-19(4-2-17)23-9-5-16(6-10-23)13-21(25)24-11-7-20-18(15-24)8-12-26-20/h1-4,8,12,16H,5-7,9-11,13,15H2. The number of nitriles is 1. The normalized spacial score (nSPS) is 17.7. The number of piperidine rings is 1. The molecule has 2 aliphatic heterocycles. The molecule has 4 rings (SSSR count). The molecule has 0 saturated carbocycles. The highest BCUT2D eigenvalue weighted by Crippen LogP contribution is 2.28. The Morgan fingerprint density at radius 3 is 2.65 bits per heavy atom. The van der Waals surface area contributed by atoms with Crippen LogP contribution in [0.1, 0.15) is 35.3 Å². The number of fused-ring (bicyclic) bond motifs is 1. The number of carbonyl (C=O) groups excluding carboxylic acids is 1. The van der Waals surface area contributed by atoms with Crippen molar-refractivity contribution in [3.63, 3.8) is 0 Å². The molecule has 1 amide bonds. The van der Waals surface area contributed by atoms with Gasteiger partial charge >= 0.3 is 0 Å². The van der Waals surface area contributed by atoms with Gasteiger partial charge in [-0.3, -0.25) is 4.79 Å². The lowest BCUT2D eigenvalue weighted by Gasteiger charge is -2.35. The van der Waals surface area contributed by atoms with Crippen molar-refractivity contribution in [3.8, 4) is 6.07 Å². The molecule has 0 spiro atoms. The molecule has 0 aliphatic carbocycles. The molecule has 0 unspecified atom stereocenters. The maximum atomic E-state index is 12.7. The highest BCUT2D eigenvalue weighted by atomic mass is 32.1. The van der Waals surface area contributed by atoms with Gasteiger partial charge in [-0.25, -0.2) is 0 Å². The van der Waals surface area contributed by atoms with E-state index in [1.54, 1.807) is 0 Å². The molecule has 0 atom stereocenters. The first kappa shape index (κ1) is 17.1. The van der Waals surface area contributed by atoms with Gasteiger partial charge in [-0.15, -0.1) is 11.3 Å². The van der Waals surface area contributed by atoms with E-state index in [1.807, 2.05) is 40.5 Å². The number of benzene rings is 1. The summed E-state index contributed by atoms with van der Waals surface area (Å²) in [6.45, 7) is 3.63. The van der Waals surface area contributed by atoms with E-state index in [0.717, 1.165) is 45.4 Å². The number of amides is 1. The molecule has 1 aromatic carbocycles. The second kappa shape index (κ2) is 7.51. The summed E-state index contributed by atoms with van der Waals surface area (Å²) in [4.78, 5) is 18.6. The minimum Gasteiger partial charge on any atom is -0.372 e. The molecule has 26 heavy (non-hydrogen) atoms. The third-order valence-corrected chi connectivity index (χ3v) is 6.62. The first-order chi connectivity index (χ1) is 12.7. The van der Waals surface area contributed by atoms with Crippen molar-refractivity contribution in [2.75, 3.05) is 24.5 Å². The Kier molecular flexibility index (Phi) is 4.94. The molecule has 1 fully saturated rings. The van der Waals surface area contributed by atoms with Gasteiger partial charge in [-0.1, -0.05) is 0 Å². The summed E-state index contributed by atoms with van der Waals surface area (Å²) in [5.41, 5.74) is 3.21. The van der Waals surface area contributed by atoms with Crippen molar-refractivity contribution in [1.82, 2.24) is 4.90 Å². The Balaban J connectivity index is 1.28. The maximum absolute atomic E-state index is 12.7. The van der Waals surface area contributed by atoms with Gasteiger partial charge in [0.05, 0.1) is 11.6 Å². The third kappa shape index (κ3) is 3.61. The highest BCUT2D eigenvalue weighted by molar-refractivity contribution is 7.10. The van der Waals surface area contributed by atoms with Crippen LogP contribution in [0.4, 0.5) is 5.69 Å². The number of hydrogen-bond acceptors (Lipinski definition) is 4. The van der Waals surface area contributed by atoms with Crippen molar-refractivity contribution in [1.29, 1.82) is 5.26 Å². The Morgan fingerprint density at radius 1 is 1.15 bits per heavy atom. The van der Waals surface area contributed by atoms with Crippen LogP contribution in [0.5, 0.6) is 0 Å². The zero-order chi connectivity index (χ0) is 17.9. The fraction of sp³-hybridized carbons (Fsp3) is 0.429. The lowest BCUT2D eigenvalue weighted by Crippen LogP contribution is -2.39. The molecule has 4 nitrogen and oxygen atoms in total. The van der Waals surface area contributed by atoms with E-state index in [-0.39, 0.29) is 0 Å². The number of hydrogen-bond donors (Lipinski definition) is 0. The predicted molar refractivity (Wildman–Crippen MR) is 104 cm³/mol. The monoisotopic (exact) mass is 365 g/mol.